The standard InChI is InChI=1S/C12H25/c1-8-9(2)10(3)11(4)12(5,6)7/h9-11H,5,8H2,1-4,6-7H3. The van der Waals surface area contributed by atoms with E-state index in [2.05, 4.69) is 48.5 Å². The van der Waals surface area contributed by atoms with E-state index in [-0.39, 0.29) is 5.41 Å². The third-order valence-electron chi connectivity index (χ3n) is 3.56. The first-order valence-electron chi connectivity index (χ1n) is 5.16. The van der Waals surface area contributed by atoms with Crippen LogP contribution < -0.4 is 0 Å². The Bertz CT molecular complexity index is 118. The van der Waals surface area contributed by atoms with Crippen LogP contribution in [0.4, 0.5) is 0 Å². The van der Waals surface area contributed by atoms with E-state index in [1.165, 1.54) is 6.42 Å². The highest BCUT2D eigenvalue weighted by Crippen LogP contribution is 2.35. The Morgan fingerprint density at radius 3 is 1.83 bits per heavy atom. The van der Waals surface area contributed by atoms with Gasteiger partial charge in [0.15, 0.2) is 0 Å². The van der Waals surface area contributed by atoms with Gasteiger partial charge in [-0.15, -0.1) is 0 Å². The first kappa shape index (κ1) is 12.0. The molecule has 3 unspecified atom stereocenters. The van der Waals surface area contributed by atoms with Crippen molar-refractivity contribution in [3.05, 3.63) is 6.92 Å². The van der Waals surface area contributed by atoms with Crippen LogP contribution in [0.1, 0.15) is 48.0 Å². The highest BCUT2D eigenvalue weighted by Gasteiger charge is 2.27. The zero-order chi connectivity index (χ0) is 9.94. The maximum atomic E-state index is 4.21. The average Bonchev–Trinajstić information content (AvgIpc) is 1.98. The molecule has 0 spiro atoms. The second-order valence-corrected chi connectivity index (χ2v) is 5.02. The molecule has 0 heterocycles. The quantitative estimate of drug-likeness (QED) is 0.592. The Hall–Kier alpha value is 0. The lowest BCUT2D eigenvalue weighted by atomic mass is 9.70. The summed E-state index contributed by atoms with van der Waals surface area (Å²) in [5.41, 5.74) is 0.211. The van der Waals surface area contributed by atoms with Gasteiger partial charge < -0.3 is 0 Å². The maximum absolute atomic E-state index is 4.21. The zero-order valence-electron chi connectivity index (χ0n) is 9.65. The van der Waals surface area contributed by atoms with Crippen LogP contribution in [0, 0.1) is 30.1 Å². The number of hydrogen-bond acceptors (Lipinski definition) is 0. The predicted octanol–water partition coefficient (Wildman–Crippen LogP) is 4.16. The van der Waals surface area contributed by atoms with Gasteiger partial charge in [0.25, 0.3) is 0 Å². The Balaban J connectivity index is 4.19. The van der Waals surface area contributed by atoms with Crippen molar-refractivity contribution >= 4 is 0 Å². The van der Waals surface area contributed by atoms with Crippen molar-refractivity contribution in [2.75, 3.05) is 0 Å². The molecule has 0 aliphatic carbocycles. The van der Waals surface area contributed by atoms with Crippen molar-refractivity contribution in [2.24, 2.45) is 23.2 Å². The van der Waals surface area contributed by atoms with Crippen molar-refractivity contribution in [3.63, 3.8) is 0 Å². The topological polar surface area (TPSA) is 0 Å². The molecule has 0 aliphatic heterocycles. The van der Waals surface area contributed by atoms with E-state index in [0.29, 0.717) is 5.92 Å². The molecule has 0 aromatic rings. The molecule has 0 bridgehead atoms. The van der Waals surface area contributed by atoms with E-state index < -0.39 is 0 Å². The lowest BCUT2D eigenvalue weighted by Gasteiger charge is -2.35. The molecule has 0 heteroatoms. The maximum Gasteiger partial charge on any atom is -0.0326 e. The zero-order valence-corrected chi connectivity index (χ0v) is 9.65. The van der Waals surface area contributed by atoms with E-state index in [4.69, 9.17) is 0 Å². The van der Waals surface area contributed by atoms with Crippen LogP contribution in [0.3, 0.4) is 0 Å². The van der Waals surface area contributed by atoms with Crippen molar-refractivity contribution in [1.82, 2.24) is 0 Å². The van der Waals surface area contributed by atoms with E-state index in [1.807, 2.05) is 0 Å². The molecule has 0 rings (SSSR count). The van der Waals surface area contributed by atoms with E-state index >= 15 is 0 Å². The van der Waals surface area contributed by atoms with Crippen molar-refractivity contribution < 1.29 is 0 Å². The summed E-state index contributed by atoms with van der Waals surface area (Å²) in [5, 5.41) is 0. The molecule has 0 aromatic carbocycles. The minimum atomic E-state index is 0.211. The van der Waals surface area contributed by atoms with Gasteiger partial charge in [-0.1, -0.05) is 48.0 Å². The molecule has 0 nitrogen and oxygen atoms in total. The summed E-state index contributed by atoms with van der Waals surface area (Å²) in [7, 11) is 0. The minimum absolute atomic E-state index is 0.211. The first-order chi connectivity index (χ1) is 5.30. The van der Waals surface area contributed by atoms with Gasteiger partial charge in [-0.2, -0.15) is 0 Å². The van der Waals surface area contributed by atoms with Gasteiger partial charge in [0.2, 0.25) is 0 Å². The third-order valence-corrected chi connectivity index (χ3v) is 3.56. The van der Waals surface area contributed by atoms with Gasteiger partial charge in [0.05, 0.1) is 0 Å². The Morgan fingerprint density at radius 1 is 1.17 bits per heavy atom. The van der Waals surface area contributed by atoms with E-state index in [1.54, 1.807) is 0 Å². The summed E-state index contributed by atoms with van der Waals surface area (Å²) in [6, 6.07) is 0. The van der Waals surface area contributed by atoms with Gasteiger partial charge >= 0.3 is 0 Å². The highest BCUT2D eigenvalue weighted by atomic mass is 14.3. The van der Waals surface area contributed by atoms with Crippen LogP contribution in [0.2, 0.25) is 0 Å². The fourth-order valence-corrected chi connectivity index (χ4v) is 1.58. The van der Waals surface area contributed by atoms with Crippen LogP contribution in [0.5, 0.6) is 0 Å². The fourth-order valence-electron chi connectivity index (χ4n) is 1.58. The van der Waals surface area contributed by atoms with Crippen molar-refractivity contribution in [3.8, 4) is 0 Å². The molecule has 0 aromatic heterocycles. The van der Waals surface area contributed by atoms with Crippen molar-refractivity contribution in [1.29, 1.82) is 0 Å². The molecule has 0 amide bonds. The van der Waals surface area contributed by atoms with E-state index in [0.717, 1.165) is 11.8 Å². The number of hydrogen-bond donors (Lipinski definition) is 0. The summed E-state index contributed by atoms with van der Waals surface area (Å²) in [6.07, 6.45) is 1.28. The molecule has 3 atom stereocenters. The summed E-state index contributed by atoms with van der Waals surface area (Å²) in [4.78, 5) is 0. The van der Waals surface area contributed by atoms with Crippen LogP contribution >= 0.6 is 0 Å². The molecule has 12 heavy (non-hydrogen) atoms. The van der Waals surface area contributed by atoms with Crippen LogP contribution in [-0.4, -0.2) is 0 Å². The van der Waals surface area contributed by atoms with Crippen LogP contribution in [-0.2, 0) is 0 Å². The summed E-state index contributed by atoms with van der Waals surface area (Å²) in [6.45, 7) is 18.0. The Morgan fingerprint density at radius 2 is 1.58 bits per heavy atom. The fraction of sp³-hybridized carbons (Fsp3) is 0.917. The molecule has 0 saturated heterocycles. The molecule has 1 radical (unpaired) electrons. The SMILES string of the molecule is [CH2]C(C)(C)C(C)C(C)C(C)CC. The lowest BCUT2D eigenvalue weighted by molar-refractivity contribution is 0.165. The minimum Gasteiger partial charge on any atom is -0.0651 e. The average molecular weight is 169 g/mol. The third kappa shape index (κ3) is 3.16. The molecular weight excluding hydrogens is 144 g/mol. The first-order valence-corrected chi connectivity index (χ1v) is 5.16. The molecule has 0 N–H and O–H groups in total. The van der Waals surface area contributed by atoms with Gasteiger partial charge in [-0.3, -0.25) is 0 Å². The molecule has 0 aliphatic rings. The normalized spacial score (nSPS) is 20.2. The largest absolute Gasteiger partial charge is 0.0651 e. The highest BCUT2D eigenvalue weighted by molar-refractivity contribution is 4.82. The van der Waals surface area contributed by atoms with Crippen molar-refractivity contribution in [2.45, 2.75) is 48.0 Å². The lowest BCUT2D eigenvalue weighted by Crippen LogP contribution is -2.27. The predicted molar refractivity (Wildman–Crippen MR) is 56.9 cm³/mol. The van der Waals surface area contributed by atoms with E-state index in [9.17, 15) is 0 Å². The monoisotopic (exact) mass is 169 g/mol. The number of rotatable bonds is 4. The van der Waals surface area contributed by atoms with Gasteiger partial charge in [0, 0.05) is 0 Å². The van der Waals surface area contributed by atoms with Gasteiger partial charge in [-0.25, -0.2) is 0 Å². The van der Waals surface area contributed by atoms with Crippen LogP contribution in [0.15, 0.2) is 0 Å². The summed E-state index contributed by atoms with van der Waals surface area (Å²) in [5.74, 6) is 2.30. The molecule has 0 saturated carbocycles. The molecule has 0 fully saturated rings. The Labute approximate surface area is 78.8 Å². The van der Waals surface area contributed by atoms with Gasteiger partial charge in [-0.05, 0) is 30.1 Å². The second kappa shape index (κ2) is 4.30. The molecule has 73 valence electrons. The smallest absolute Gasteiger partial charge is 0.0326 e. The Kier molecular flexibility index (Phi) is 4.30. The van der Waals surface area contributed by atoms with Crippen LogP contribution in [0.25, 0.3) is 0 Å². The summed E-state index contributed by atoms with van der Waals surface area (Å²) >= 11 is 0. The summed E-state index contributed by atoms with van der Waals surface area (Å²) < 4.78 is 0. The second-order valence-electron chi connectivity index (χ2n) is 5.02. The van der Waals surface area contributed by atoms with Gasteiger partial charge in [0.1, 0.15) is 0 Å². The molecular formula is C12H25.